The molecule has 0 radical (unpaired) electrons. The highest BCUT2D eigenvalue weighted by Gasteiger charge is 1.95. The van der Waals surface area contributed by atoms with Crippen LogP contribution in [0, 0.1) is 0 Å². The van der Waals surface area contributed by atoms with E-state index in [1.807, 2.05) is 0 Å². The summed E-state index contributed by atoms with van der Waals surface area (Å²) < 4.78 is 0. The maximum Gasteiger partial charge on any atom is -0.0351 e. The number of allylic oxidation sites excluding steroid dienone is 2. The van der Waals surface area contributed by atoms with E-state index in [0.29, 0.717) is 0 Å². The largest absolute Gasteiger partial charge is 0.0885 e. The Morgan fingerprint density at radius 2 is 0.536 bits per heavy atom. The van der Waals surface area contributed by atoms with Crippen molar-refractivity contribution in [2.24, 2.45) is 0 Å². The number of hydrogen-bond acceptors (Lipinski definition) is 0. The van der Waals surface area contributed by atoms with Crippen molar-refractivity contribution < 1.29 is 0 Å². The van der Waals surface area contributed by atoms with Gasteiger partial charge >= 0.3 is 0 Å². The van der Waals surface area contributed by atoms with Gasteiger partial charge in [-0.25, -0.2) is 0 Å². The fourth-order valence-corrected chi connectivity index (χ4v) is 4.08. The first kappa shape index (κ1) is 27.7. The van der Waals surface area contributed by atoms with Gasteiger partial charge in [-0.05, 0) is 19.3 Å². The Bertz CT molecular complexity index is 278. The van der Waals surface area contributed by atoms with Crippen molar-refractivity contribution in [2.45, 2.75) is 168 Å². The predicted octanol–water partition coefficient (Wildman–Crippen LogP) is 10.9. The minimum Gasteiger partial charge on any atom is -0.0885 e. The lowest BCUT2D eigenvalue weighted by Crippen LogP contribution is -1.84. The van der Waals surface area contributed by atoms with Crippen LogP contribution in [0.25, 0.3) is 0 Å². The number of rotatable bonds is 24. The normalized spacial score (nSPS) is 11.6. The molecule has 0 heterocycles. The van der Waals surface area contributed by atoms with Gasteiger partial charge in [0.1, 0.15) is 0 Å². The van der Waals surface area contributed by atoms with Crippen LogP contribution in [0.1, 0.15) is 168 Å². The maximum atomic E-state index is 2.41. The molecule has 0 unspecified atom stereocenters. The van der Waals surface area contributed by atoms with E-state index in [9.17, 15) is 0 Å². The molecule has 0 atom stereocenters. The second-order valence-corrected chi connectivity index (χ2v) is 9.12. The van der Waals surface area contributed by atoms with Crippen LogP contribution >= 0.6 is 0 Å². The highest BCUT2D eigenvalue weighted by atomic mass is 14.0. The Morgan fingerprint density at radius 1 is 0.286 bits per heavy atom. The van der Waals surface area contributed by atoms with Gasteiger partial charge in [0.15, 0.2) is 0 Å². The molecule has 0 aromatic rings. The van der Waals surface area contributed by atoms with Crippen LogP contribution in [0.4, 0.5) is 0 Å². The van der Waals surface area contributed by atoms with E-state index in [0.717, 1.165) is 0 Å². The molecule has 0 N–H and O–H groups in total. The van der Waals surface area contributed by atoms with Gasteiger partial charge in [-0.1, -0.05) is 161 Å². The molecule has 0 aromatic heterocycles. The zero-order valence-corrected chi connectivity index (χ0v) is 20.1. The van der Waals surface area contributed by atoms with Gasteiger partial charge < -0.3 is 0 Å². The van der Waals surface area contributed by atoms with Gasteiger partial charge in [0.2, 0.25) is 0 Å². The second-order valence-electron chi connectivity index (χ2n) is 9.12. The molecule has 0 rings (SSSR count). The summed E-state index contributed by atoms with van der Waals surface area (Å²) in [6, 6.07) is 0. The van der Waals surface area contributed by atoms with Crippen molar-refractivity contribution in [1.82, 2.24) is 0 Å². The van der Waals surface area contributed by atoms with Crippen molar-refractivity contribution in [3.8, 4) is 0 Å². The number of hydrogen-bond donors (Lipinski definition) is 0. The van der Waals surface area contributed by atoms with Gasteiger partial charge in [-0.3, -0.25) is 0 Å². The summed E-state index contributed by atoms with van der Waals surface area (Å²) in [7, 11) is 0. The molecular weight excluding hydrogens is 336 g/mol. The fraction of sp³-hybridized carbons (Fsp3) is 0.929. The first-order valence-corrected chi connectivity index (χ1v) is 13.6. The molecule has 28 heavy (non-hydrogen) atoms. The monoisotopic (exact) mass is 392 g/mol. The van der Waals surface area contributed by atoms with Crippen LogP contribution in [0.5, 0.6) is 0 Å². The van der Waals surface area contributed by atoms with E-state index in [2.05, 4.69) is 26.0 Å². The Labute approximate surface area is 180 Å². The Balaban J connectivity index is 3.00. The molecule has 0 amide bonds. The zero-order valence-electron chi connectivity index (χ0n) is 20.1. The Morgan fingerprint density at radius 3 is 0.857 bits per heavy atom. The zero-order chi connectivity index (χ0) is 20.4. The highest BCUT2D eigenvalue weighted by molar-refractivity contribution is 4.81. The van der Waals surface area contributed by atoms with E-state index < -0.39 is 0 Å². The van der Waals surface area contributed by atoms with Crippen molar-refractivity contribution in [3.63, 3.8) is 0 Å². The molecule has 0 bridgehead atoms. The van der Waals surface area contributed by atoms with Crippen LogP contribution in [0.15, 0.2) is 12.2 Å². The minimum atomic E-state index is 1.29. The summed E-state index contributed by atoms with van der Waals surface area (Å²) in [6.45, 7) is 4.57. The summed E-state index contributed by atoms with van der Waals surface area (Å²) in [5.41, 5.74) is 0. The van der Waals surface area contributed by atoms with E-state index in [4.69, 9.17) is 0 Å². The molecule has 0 heteroatoms. The average Bonchev–Trinajstić information content (AvgIpc) is 2.71. The standard InChI is InChI=1S/C28H56/c1-3-5-7-9-11-13-15-17-19-21-23-25-27-28-26-24-22-20-18-16-14-12-10-8-6-4-2/h9,11H,3-8,10,12-28H2,1-2H3. The van der Waals surface area contributed by atoms with Crippen molar-refractivity contribution in [2.75, 3.05) is 0 Å². The molecule has 168 valence electrons. The van der Waals surface area contributed by atoms with Crippen LogP contribution in [-0.2, 0) is 0 Å². The summed E-state index contributed by atoms with van der Waals surface area (Å²) >= 11 is 0. The summed E-state index contributed by atoms with van der Waals surface area (Å²) in [5, 5.41) is 0. The quantitative estimate of drug-likeness (QED) is 0.113. The molecule has 0 aromatic carbocycles. The third kappa shape index (κ3) is 25.7. The first-order chi connectivity index (χ1) is 13.9. The van der Waals surface area contributed by atoms with E-state index in [-0.39, 0.29) is 0 Å². The number of unbranched alkanes of at least 4 members (excludes halogenated alkanes) is 22. The van der Waals surface area contributed by atoms with Crippen molar-refractivity contribution >= 4 is 0 Å². The molecule has 0 fully saturated rings. The third-order valence-electron chi connectivity index (χ3n) is 6.12. The molecule has 0 nitrogen and oxygen atoms in total. The van der Waals surface area contributed by atoms with Crippen LogP contribution < -0.4 is 0 Å². The smallest absolute Gasteiger partial charge is 0.0351 e. The maximum absolute atomic E-state index is 2.41. The summed E-state index contributed by atoms with van der Waals surface area (Å²) in [4.78, 5) is 0. The van der Waals surface area contributed by atoms with Crippen LogP contribution in [-0.4, -0.2) is 0 Å². The summed E-state index contributed by atoms with van der Waals surface area (Å²) in [5.74, 6) is 0. The van der Waals surface area contributed by atoms with Gasteiger partial charge in [0.25, 0.3) is 0 Å². The summed E-state index contributed by atoms with van der Waals surface area (Å²) in [6.07, 6.45) is 39.4. The fourth-order valence-electron chi connectivity index (χ4n) is 4.08. The lowest BCUT2D eigenvalue weighted by atomic mass is 10.0. The van der Waals surface area contributed by atoms with E-state index in [1.54, 1.807) is 0 Å². The van der Waals surface area contributed by atoms with E-state index >= 15 is 0 Å². The molecule has 0 saturated heterocycles. The third-order valence-corrected chi connectivity index (χ3v) is 6.12. The van der Waals surface area contributed by atoms with Crippen molar-refractivity contribution in [1.29, 1.82) is 0 Å². The first-order valence-electron chi connectivity index (χ1n) is 13.6. The minimum absolute atomic E-state index is 1.29. The molecule has 0 spiro atoms. The van der Waals surface area contributed by atoms with Gasteiger partial charge in [0, 0.05) is 0 Å². The van der Waals surface area contributed by atoms with Crippen molar-refractivity contribution in [3.05, 3.63) is 12.2 Å². The molecule has 0 aliphatic carbocycles. The highest BCUT2D eigenvalue weighted by Crippen LogP contribution is 2.15. The predicted molar refractivity (Wildman–Crippen MR) is 131 cm³/mol. The lowest BCUT2D eigenvalue weighted by Gasteiger charge is -2.04. The van der Waals surface area contributed by atoms with Crippen LogP contribution in [0.2, 0.25) is 0 Å². The van der Waals surface area contributed by atoms with Crippen LogP contribution in [0.3, 0.4) is 0 Å². The average molecular weight is 393 g/mol. The second kappa shape index (κ2) is 26.7. The molecule has 0 saturated carbocycles. The topological polar surface area (TPSA) is 0 Å². The molecular formula is C28H56. The lowest BCUT2D eigenvalue weighted by molar-refractivity contribution is 0.522. The Kier molecular flexibility index (Phi) is 26.5. The van der Waals surface area contributed by atoms with E-state index in [1.165, 1.54) is 154 Å². The Hall–Kier alpha value is -0.260. The molecule has 0 aliphatic heterocycles. The molecule has 0 aliphatic rings. The van der Waals surface area contributed by atoms with Gasteiger partial charge in [-0.2, -0.15) is 0 Å². The van der Waals surface area contributed by atoms with Gasteiger partial charge in [-0.15, -0.1) is 0 Å². The van der Waals surface area contributed by atoms with Gasteiger partial charge in [0.05, 0.1) is 0 Å². The SMILES string of the molecule is CCCCC=CCCCCCCCCCCCCCCCCCCCCCC.